The molecule has 6 heteroatoms. The lowest BCUT2D eigenvalue weighted by Crippen LogP contribution is -2.32. The van der Waals surface area contributed by atoms with Crippen LogP contribution in [0.4, 0.5) is 5.69 Å². The zero-order valence-corrected chi connectivity index (χ0v) is 16.0. The summed E-state index contributed by atoms with van der Waals surface area (Å²) in [6, 6.07) is 13.9. The first-order chi connectivity index (χ1) is 13.0. The maximum Gasteiger partial charge on any atom is 0.265 e. The summed E-state index contributed by atoms with van der Waals surface area (Å²) < 4.78 is 10.8. The van der Waals surface area contributed by atoms with E-state index in [1.807, 2.05) is 0 Å². The largest absolute Gasteiger partial charge is 0.497 e. The van der Waals surface area contributed by atoms with Crippen molar-refractivity contribution < 1.29 is 19.1 Å². The summed E-state index contributed by atoms with van der Waals surface area (Å²) in [5.41, 5.74) is 0.889. The van der Waals surface area contributed by atoms with Crippen LogP contribution in [0.25, 0.3) is 0 Å². The van der Waals surface area contributed by atoms with Gasteiger partial charge >= 0.3 is 0 Å². The molecule has 2 amide bonds. The van der Waals surface area contributed by atoms with Crippen LogP contribution in [0.15, 0.2) is 48.5 Å². The summed E-state index contributed by atoms with van der Waals surface area (Å²) in [6.07, 6.45) is 1.18. The summed E-state index contributed by atoms with van der Waals surface area (Å²) in [7, 11) is 1.59. The fraction of sp³-hybridized carbons (Fsp3) is 0.333. The first-order valence-electron chi connectivity index (χ1n) is 9.04. The van der Waals surface area contributed by atoms with Crippen molar-refractivity contribution in [2.45, 2.75) is 32.8 Å². The number of amides is 2. The van der Waals surface area contributed by atoms with Gasteiger partial charge in [-0.2, -0.15) is 0 Å². The molecule has 0 aliphatic heterocycles. The Bertz CT molecular complexity index is 759. The zero-order chi connectivity index (χ0) is 19.6. The van der Waals surface area contributed by atoms with E-state index in [-0.39, 0.29) is 11.8 Å². The van der Waals surface area contributed by atoms with E-state index in [4.69, 9.17) is 9.47 Å². The summed E-state index contributed by atoms with van der Waals surface area (Å²) in [6.45, 7) is 4.32. The monoisotopic (exact) mass is 370 g/mol. The zero-order valence-electron chi connectivity index (χ0n) is 16.0. The van der Waals surface area contributed by atoms with E-state index in [9.17, 15) is 9.59 Å². The Balaban J connectivity index is 2.00. The lowest BCUT2D eigenvalue weighted by molar-refractivity contribution is -0.122. The van der Waals surface area contributed by atoms with Crippen LogP contribution in [0.2, 0.25) is 0 Å². The second-order valence-corrected chi connectivity index (χ2v) is 6.08. The molecule has 0 heterocycles. The molecule has 2 rings (SSSR count). The van der Waals surface area contributed by atoms with E-state index in [2.05, 4.69) is 17.6 Å². The van der Waals surface area contributed by atoms with Crippen molar-refractivity contribution >= 4 is 17.5 Å². The Morgan fingerprint density at radius 2 is 1.70 bits per heavy atom. The average molecular weight is 370 g/mol. The van der Waals surface area contributed by atoms with Crippen molar-refractivity contribution in [3.05, 3.63) is 54.1 Å². The highest BCUT2D eigenvalue weighted by Crippen LogP contribution is 2.19. The molecule has 0 spiro atoms. The molecular formula is C21H26N2O4. The number of para-hydroxylation sites is 1. The third-order valence-corrected chi connectivity index (χ3v) is 3.99. The molecule has 2 aromatic rings. The fourth-order valence-electron chi connectivity index (χ4n) is 2.41. The number of carbonyl (C=O) groups is 2. The Morgan fingerprint density at radius 1 is 1.04 bits per heavy atom. The van der Waals surface area contributed by atoms with E-state index < -0.39 is 6.10 Å². The number of anilines is 1. The van der Waals surface area contributed by atoms with Gasteiger partial charge in [-0.25, -0.2) is 0 Å². The van der Waals surface area contributed by atoms with E-state index in [0.29, 0.717) is 29.3 Å². The molecule has 0 aliphatic carbocycles. The number of carbonyl (C=O) groups excluding carboxylic acids is 2. The smallest absolute Gasteiger partial charge is 0.265 e. The van der Waals surface area contributed by atoms with E-state index in [0.717, 1.165) is 12.8 Å². The Hall–Kier alpha value is -3.02. The number of benzene rings is 2. The molecule has 27 heavy (non-hydrogen) atoms. The minimum Gasteiger partial charge on any atom is -0.497 e. The first kappa shape index (κ1) is 20.3. The van der Waals surface area contributed by atoms with Crippen molar-refractivity contribution in [1.29, 1.82) is 0 Å². The van der Waals surface area contributed by atoms with Gasteiger partial charge in [-0.15, -0.1) is 0 Å². The molecule has 0 saturated carbocycles. The molecular weight excluding hydrogens is 344 g/mol. The van der Waals surface area contributed by atoms with Crippen molar-refractivity contribution in [2.24, 2.45) is 0 Å². The molecule has 0 aliphatic rings. The minimum atomic E-state index is -0.727. The van der Waals surface area contributed by atoms with Crippen LogP contribution >= 0.6 is 0 Å². The summed E-state index contributed by atoms with van der Waals surface area (Å²) >= 11 is 0. The molecule has 0 bridgehead atoms. The second-order valence-electron chi connectivity index (χ2n) is 6.08. The molecule has 2 N–H and O–H groups in total. The predicted molar refractivity (Wildman–Crippen MR) is 105 cm³/mol. The van der Waals surface area contributed by atoms with Gasteiger partial charge in [0.15, 0.2) is 6.10 Å². The molecule has 1 atom stereocenters. The van der Waals surface area contributed by atoms with Gasteiger partial charge < -0.3 is 20.1 Å². The van der Waals surface area contributed by atoms with Crippen molar-refractivity contribution in [2.75, 3.05) is 19.0 Å². The van der Waals surface area contributed by atoms with Gasteiger partial charge in [0.25, 0.3) is 11.8 Å². The van der Waals surface area contributed by atoms with E-state index >= 15 is 0 Å². The van der Waals surface area contributed by atoms with Crippen LogP contribution in [-0.4, -0.2) is 31.6 Å². The third-order valence-electron chi connectivity index (χ3n) is 3.99. The SMILES string of the molecule is CCCCNC(=O)c1ccccc1NC(=O)[C@@H](C)Oc1ccc(OC)cc1. The van der Waals surface area contributed by atoms with Gasteiger partial charge in [-0.05, 0) is 49.7 Å². The molecule has 0 unspecified atom stereocenters. The van der Waals surface area contributed by atoms with E-state index in [1.54, 1.807) is 62.6 Å². The molecule has 0 fully saturated rings. The quantitative estimate of drug-likeness (QED) is 0.661. The molecule has 144 valence electrons. The topological polar surface area (TPSA) is 76.7 Å². The standard InChI is InChI=1S/C21H26N2O4/c1-4-5-14-22-21(25)18-8-6-7-9-19(18)23-20(24)15(2)27-17-12-10-16(26-3)11-13-17/h6-13,15H,4-5,14H2,1-3H3,(H,22,25)(H,23,24)/t15-/m1/s1. The minimum absolute atomic E-state index is 0.205. The average Bonchev–Trinajstić information content (AvgIpc) is 2.69. The summed E-state index contributed by atoms with van der Waals surface area (Å²) in [4.78, 5) is 24.8. The highest BCUT2D eigenvalue weighted by atomic mass is 16.5. The number of nitrogens with one attached hydrogen (secondary N) is 2. The van der Waals surface area contributed by atoms with Crippen LogP contribution < -0.4 is 20.1 Å². The number of unbranched alkanes of at least 4 members (excludes halogenated alkanes) is 1. The maximum atomic E-state index is 12.5. The van der Waals surface area contributed by atoms with Gasteiger partial charge in [0.1, 0.15) is 11.5 Å². The predicted octanol–water partition coefficient (Wildman–Crippen LogP) is 3.63. The van der Waals surface area contributed by atoms with Crippen LogP contribution in [0.3, 0.4) is 0 Å². The van der Waals surface area contributed by atoms with Gasteiger partial charge in [-0.1, -0.05) is 25.5 Å². The van der Waals surface area contributed by atoms with E-state index in [1.165, 1.54) is 0 Å². The maximum absolute atomic E-state index is 12.5. The third kappa shape index (κ3) is 6.02. The lowest BCUT2D eigenvalue weighted by atomic mass is 10.1. The Labute approximate surface area is 159 Å². The summed E-state index contributed by atoms with van der Waals surface area (Å²) in [5, 5.41) is 5.63. The summed E-state index contributed by atoms with van der Waals surface area (Å²) in [5.74, 6) is 0.731. The molecule has 0 aromatic heterocycles. The Morgan fingerprint density at radius 3 is 2.37 bits per heavy atom. The molecule has 0 radical (unpaired) electrons. The molecule has 6 nitrogen and oxygen atoms in total. The highest BCUT2D eigenvalue weighted by molar-refractivity contribution is 6.04. The number of hydrogen-bond donors (Lipinski definition) is 2. The number of methoxy groups -OCH3 is 1. The highest BCUT2D eigenvalue weighted by Gasteiger charge is 2.18. The van der Waals surface area contributed by atoms with Crippen molar-refractivity contribution in [3.8, 4) is 11.5 Å². The number of rotatable bonds is 9. The Kier molecular flexibility index (Phi) is 7.67. The first-order valence-corrected chi connectivity index (χ1v) is 9.04. The van der Waals surface area contributed by atoms with Crippen molar-refractivity contribution in [1.82, 2.24) is 5.32 Å². The fourth-order valence-corrected chi connectivity index (χ4v) is 2.41. The number of hydrogen-bond acceptors (Lipinski definition) is 4. The number of ether oxygens (including phenoxy) is 2. The molecule has 0 saturated heterocycles. The second kappa shape index (κ2) is 10.2. The normalized spacial score (nSPS) is 11.4. The van der Waals surface area contributed by atoms with Crippen molar-refractivity contribution in [3.63, 3.8) is 0 Å². The molecule has 2 aromatic carbocycles. The van der Waals surface area contributed by atoms with Gasteiger partial charge in [0, 0.05) is 6.54 Å². The van der Waals surface area contributed by atoms with Crippen LogP contribution in [-0.2, 0) is 4.79 Å². The van der Waals surface area contributed by atoms with Gasteiger partial charge in [-0.3, -0.25) is 9.59 Å². The van der Waals surface area contributed by atoms with Crippen LogP contribution in [0.1, 0.15) is 37.0 Å². The lowest BCUT2D eigenvalue weighted by Gasteiger charge is -2.16. The van der Waals surface area contributed by atoms with Gasteiger partial charge in [0.2, 0.25) is 0 Å². The van der Waals surface area contributed by atoms with Gasteiger partial charge in [0.05, 0.1) is 18.4 Å². The van der Waals surface area contributed by atoms with Crippen LogP contribution in [0, 0.1) is 0 Å². The van der Waals surface area contributed by atoms with Crippen LogP contribution in [0.5, 0.6) is 11.5 Å².